The van der Waals surface area contributed by atoms with Crippen LogP contribution in [0.3, 0.4) is 0 Å². The molecule has 2 heterocycles. The van der Waals surface area contributed by atoms with Gasteiger partial charge in [-0.1, -0.05) is 17.7 Å². The van der Waals surface area contributed by atoms with Gasteiger partial charge >= 0.3 is 0 Å². The second-order valence-corrected chi connectivity index (χ2v) is 3.54. The van der Waals surface area contributed by atoms with Crippen LogP contribution in [0.2, 0.25) is 5.02 Å². The topological polar surface area (TPSA) is 70.7 Å². The number of amides is 1. The average Bonchev–Trinajstić information content (AvgIpc) is 2.74. The number of carbonyl (C=O) groups is 1. The molecule has 0 saturated heterocycles. The molecule has 0 unspecified atom stereocenters. The summed E-state index contributed by atoms with van der Waals surface area (Å²) in [6.45, 7) is 0.405. The minimum atomic E-state index is -0.286. The van der Waals surface area contributed by atoms with Gasteiger partial charge in [0.05, 0.1) is 11.2 Å². The van der Waals surface area contributed by atoms with E-state index in [0.717, 1.165) is 5.56 Å². The third kappa shape index (κ3) is 2.38. The number of carbonyl (C=O) groups excluding carboxylic acids is 1. The van der Waals surface area contributed by atoms with Gasteiger partial charge in [-0.3, -0.25) is 14.9 Å². The summed E-state index contributed by atoms with van der Waals surface area (Å²) in [5, 5.41) is 9.22. The first-order chi connectivity index (χ1) is 7.77. The lowest BCUT2D eigenvalue weighted by molar-refractivity contribution is 0.0946. The summed E-state index contributed by atoms with van der Waals surface area (Å²) in [6, 6.07) is 3.69. The van der Waals surface area contributed by atoms with Gasteiger partial charge < -0.3 is 5.32 Å². The fraction of sp³-hybridized carbons (Fsp3) is 0.100. The van der Waals surface area contributed by atoms with Crippen molar-refractivity contribution in [3.05, 3.63) is 47.0 Å². The number of halogens is 1. The largest absolute Gasteiger partial charge is 0.347 e. The number of pyridine rings is 1. The van der Waals surface area contributed by atoms with Crippen LogP contribution in [0.25, 0.3) is 0 Å². The predicted octanol–water partition coefficient (Wildman–Crippen LogP) is 1.39. The van der Waals surface area contributed by atoms with E-state index in [9.17, 15) is 4.79 Å². The molecular formula is C10H9ClN4O. The van der Waals surface area contributed by atoms with Gasteiger partial charge in [0.15, 0.2) is 0 Å². The molecule has 2 aromatic rings. The molecule has 1 amide bonds. The fourth-order valence-electron chi connectivity index (χ4n) is 1.20. The van der Waals surface area contributed by atoms with E-state index in [1.807, 2.05) is 12.1 Å². The highest BCUT2D eigenvalue weighted by Gasteiger charge is 2.11. The highest BCUT2D eigenvalue weighted by atomic mass is 35.5. The lowest BCUT2D eigenvalue weighted by Gasteiger charge is -2.03. The second kappa shape index (κ2) is 4.76. The van der Waals surface area contributed by atoms with E-state index in [2.05, 4.69) is 20.5 Å². The fourth-order valence-corrected chi connectivity index (χ4v) is 1.38. The zero-order valence-corrected chi connectivity index (χ0v) is 9.03. The van der Waals surface area contributed by atoms with Gasteiger partial charge in [0.2, 0.25) is 0 Å². The minimum absolute atomic E-state index is 0.269. The summed E-state index contributed by atoms with van der Waals surface area (Å²) in [5.74, 6) is -0.286. The van der Waals surface area contributed by atoms with Gasteiger partial charge in [-0.25, -0.2) is 0 Å². The molecule has 0 bridgehead atoms. The lowest BCUT2D eigenvalue weighted by Crippen LogP contribution is -2.23. The minimum Gasteiger partial charge on any atom is -0.347 e. The lowest BCUT2D eigenvalue weighted by atomic mass is 10.3. The molecule has 2 aromatic heterocycles. The molecule has 0 saturated carbocycles. The third-order valence-electron chi connectivity index (χ3n) is 2.00. The first-order valence-electron chi connectivity index (χ1n) is 4.63. The molecule has 16 heavy (non-hydrogen) atoms. The Labute approximate surface area is 96.8 Å². The van der Waals surface area contributed by atoms with Crippen molar-refractivity contribution in [3.63, 3.8) is 0 Å². The van der Waals surface area contributed by atoms with E-state index >= 15 is 0 Å². The van der Waals surface area contributed by atoms with E-state index in [1.165, 1.54) is 6.20 Å². The van der Waals surface area contributed by atoms with Gasteiger partial charge in [0.25, 0.3) is 5.91 Å². The Balaban J connectivity index is 1.97. The molecule has 0 fully saturated rings. The maximum atomic E-state index is 11.6. The predicted molar refractivity (Wildman–Crippen MR) is 59.0 cm³/mol. The second-order valence-electron chi connectivity index (χ2n) is 3.14. The van der Waals surface area contributed by atoms with Gasteiger partial charge in [0, 0.05) is 18.9 Å². The molecule has 0 spiro atoms. The number of hydrogen-bond donors (Lipinski definition) is 2. The maximum Gasteiger partial charge on any atom is 0.271 e. The molecule has 0 aliphatic rings. The molecule has 82 valence electrons. The van der Waals surface area contributed by atoms with Crippen LogP contribution in [-0.4, -0.2) is 21.1 Å². The van der Waals surface area contributed by atoms with Crippen LogP contribution in [0.4, 0.5) is 0 Å². The molecular weight excluding hydrogens is 228 g/mol. The number of H-pyrrole nitrogens is 1. The van der Waals surface area contributed by atoms with Crippen molar-refractivity contribution in [2.75, 3.05) is 0 Å². The number of nitrogens with zero attached hydrogens (tertiary/aromatic N) is 2. The van der Waals surface area contributed by atoms with Crippen molar-refractivity contribution in [1.82, 2.24) is 20.5 Å². The summed E-state index contributed by atoms with van der Waals surface area (Å²) in [4.78, 5) is 15.6. The molecule has 0 aromatic carbocycles. The maximum absolute atomic E-state index is 11.6. The Kier molecular flexibility index (Phi) is 3.16. The first kappa shape index (κ1) is 10.6. The zero-order valence-electron chi connectivity index (χ0n) is 8.27. The summed E-state index contributed by atoms with van der Waals surface area (Å²) in [5.41, 5.74) is 1.19. The summed E-state index contributed by atoms with van der Waals surface area (Å²) >= 11 is 5.75. The number of hydrogen-bond acceptors (Lipinski definition) is 3. The molecule has 0 atom stereocenters. The Bertz CT molecular complexity index is 483. The van der Waals surface area contributed by atoms with Gasteiger partial charge in [-0.05, 0) is 11.6 Å². The van der Waals surface area contributed by atoms with Crippen LogP contribution in [0, 0.1) is 0 Å². The van der Waals surface area contributed by atoms with Crippen molar-refractivity contribution in [2.45, 2.75) is 6.54 Å². The summed E-state index contributed by atoms with van der Waals surface area (Å²) in [7, 11) is 0. The van der Waals surface area contributed by atoms with Gasteiger partial charge in [-0.15, -0.1) is 0 Å². The normalized spacial score (nSPS) is 10.1. The molecule has 5 nitrogen and oxygen atoms in total. The van der Waals surface area contributed by atoms with E-state index in [1.54, 1.807) is 12.4 Å². The molecule has 0 radical (unpaired) electrons. The monoisotopic (exact) mass is 236 g/mol. The Morgan fingerprint density at radius 2 is 2.38 bits per heavy atom. The Morgan fingerprint density at radius 3 is 3.00 bits per heavy atom. The number of rotatable bonds is 3. The van der Waals surface area contributed by atoms with E-state index in [0.29, 0.717) is 11.6 Å². The average molecular weight is 237 g/mol. The standard InChI is InChI=1S/C10H9ClN4O/c11-8-6-14-15-9(8)10(16)13-5-7-2-1-3-12-4-7/h1-4,6H,5H2,(H,13,16)(H,14,15). The van der Waals surface area contributed by atoms with Gasteiger partial charge in [0.1, 0.15) is 5.69 Å². The van der Waals surface area contributed by atoms with E-state index in [4.69, 9.17) is 11.6 Å². The zero-order chi connectivity index (χ0) is 11.4. The number of nitrogens with one attached hydrogen (secondary N) is 2. The van der Waals surface area contributed by atoms with Crippen molar-refractivity contribution >= 4 is 17.5 Å². The van der Waals surface area contributed by atoms with E-state index < -0.39 is 0 Å². The SMILES string of the molecule is O=C(NCc1cccnc1)c1[nH]ncc1Cl. The van der Waals surface area contributed by atoms with Crippen molar-refractivity contribution in [3.8, 4) is 0 Å². The summed E-state index contributed by atoms with van der Waals surface area (Å²) < 4.78 is 0. The van der Waals surface area contributed by atoms with Crippen molar-refractivity contribution in [2.24, 2.45) is 0 Å². The van der Waals surface area contributed by atoms with Crippen LogP contribution < -0.4 is 5.32 Å². The van der Waals surface area contributed by atoms with Crippen molar-refractivity contribution < 1.29 is 4.79 Å². The first-order valence-corrected chi connectivity index (χ1v) is 5.01. The molecule has 2 rings (SSSR count). The van der Waals surface area contributed by atoms with Gasteiger partial charge in [-0.2, -0.15) is 5.10 Å². The molecule has 6 heteroatoms. The third-order valence-corrected chi connectivity index (χ3v) is 2.28. The quantitative estimate of drug-likeness (QED) is 0.846. The molecule has 2 N–H and O–H groups in total. The number of aromatic nitrogens is 3. The van der Waals surface area contributed by atoms with Crippen LogP contribution in [0.1, 0.15) is 16.1 Å². The highest BCUT2D eigenvalue weighted by Crippen LogP contribution is 2.11. The summed E-state index contributed by atoms with van der Waals surface area (Å²) in [6.07, 6.45) is 4.76. The van der Waals surface area contributed by atoms with Crippen LogP contribution in [0.15, 0.2) is 30.7 Å². The highest BCUT2D eigenvalue weighted by molar-refractivity contribution is 6.33. The Morgan fingerprint density at radius 1 is 1.50 bits per heavy atom. The van der Waals surface area contributed by atoms with Crippen LogP contribution >= 0.6 is 11.6 Å². The molecule has 0 aliphatic heterocycles. The smallest absolute Gasteiger partial charge is 0.271 e. The van der Waals surface area contributed by atoms with Crippen molar-refractivity contribution in [1.29, 1.82) is 0 Å². The van der Waals surface area contributed by atoms with E-state index in [-0.39, 0.29) is 11.6 Å². The molecule has 0 aliphatic carbocycles. The van der Waals surface area contributed by atoms with Crippen LogP contribution in [-0.2, 0) is 6.54 Å². The number of aromatic amines is 1. The Hall–Kier alpha value is -1.88. The van der Waals surface area contributed by atoms with Crippen LogP contribution in [0.5, 0.6) is 0 Å².